The van der Waals surface area contributed by atoms with Gasteiger partial charge in [-0.25, -0.2) is 4.79 Å². The number of β-lactam (4-membered cyclic amide) rings is 1. The Balaban J connectivity index is 2.27. The zero-order chi connectivity index (χ0) is 13.5. The number of aliphatic carboxylic acids is 1. The fourth-order valence-corrected chi connectivity index (χ4v) is 3.73. The molecule has 2 aliphatic rings. The average molecular weight is 274 g/mol. The molecule has 0 aliphatic carbocycles. The summed E-state index contributed by atoms with van der Waals surface area (Å²) < 4.78 is 5.13. The number of carbonyl (C=O) groups excluding carboxylic acids is 2. The van der Waals surface area contributed by atoms with Crippen LogP contribution in [0.1, 0.15) is 13.3 Å². The number of fused-ring (bicyclic) bond motifs is 1. The number of carbonyl (C=O) groups is 3. The Morgan fingerprint density at radius 2 is 2.28 bits per heavy atom. The van der Waals surface area contributed by atoms with Gasteiger partial charge in [0.05, 0.1) is 18.3 Å². The molecule has 18 heavy (non-hydrogen) atoms. The number of thioether (sulfide) groups is 1. The van der Waals surface area contributed by atoms with Crippen molar-refractivity contribution >= 4 is 29.5 Å². The highest BCUT2D eigenvalue weighted by Gasteiger charge is 2.58. The second-order valence-electron chi connectivity index (χ2n) is 4.30. The first-order valence-corrected chi connectivity index (χ1v) is 6.35. The molecule has 2 rings (SSSR count). The van der Waals surface area contributed by atoms with Gasteiger partial charge in [-0.05, 0) is 0 Å². The number of hydrogen-bond donors (Lipinski definition) is 2. The number of amides is 2. The molecule has 2 heterocycles. The Bertz CT molecular complexity index is 415. The van der Waals surface area contributed by atoms with Gasteiger partial charge in [-0.3, -0.25) is 9.59 Å². The highest BCUT2D eigenvalue weighted by Crippen LogP contribution is 2.43. The summed E-state index contributed by atoms with van der Waals surface area (Å²) in [4.78, 5) is 35.5. The predicted octanol–water partition coefficient (Wildman–Crippen LogP) is -0.776. The molecule has 8 heteroatoms. The first kappa shape index (κ1) is 13.2. The fraction of sp³-hybridized carbons (Fsp3) is 0.700. The van der Waals surface area contributed by atoms with Crippen molar-refractivity contribution in [3.05, 3.63) is 0 Å². The van der Waals surface area contributed by atoms with Crippen LogP contribution < -0.4 is 5.32 Å². The van der Waals surface area contributed by atoms with E-state index in [-0.39, 0.29) is 23.7 Å². The third-order valence-corrected chi connectivity index (χ3v) is 4.71. The van der Waals surface area contributed by atoms with Crippen molar-refractivity contribution in [2.45, 2.75) is 29.7 Å². The number of nitrogens with zero attached hydrogens (tertiary/aromatic N) is 1. The monoisotopic (exact) mass is 274 g/mol. The summed E-state index contributed by atoms with van der Waals surface area (Å²) in [6, 6.07) is 0. The first-order chi connectivity index (χ1) is 8.40. The van der Waals surface area contributed by atoms with Gasteiger partial charge < -0.3 is 20.1 Å². The van der Waals surface area contributed by atoms with Crippen LogP contribution in [0.15, 0.2) is 0 Å². The van der Waals surface area contributed by atoms with Crippen LogP contribution in [-0.4, -0.2) is 57.8 Å². The van der Waals surface area contributed by atoms with Crippen LogP contribution in [0, 0.1) is 0 Å². The zero-order valence-corrected chi connectivity index (χ0v) is 10.8. The molecule has 2 amide bonds. The van der Waals surface area contributed by atoms with E-state index in [2.05, 4.69) is 5.32 Å². The number of carboxylic acids is 1. The van der Waals surface area contributed by atoms with Gasteiger partial charge in [0.15, 0.2) is 0 Å². The number of rotatable bonds is 3. The highest BCUT2D eigenvalue weighted by atomic mass is 32.2. The van der Waals surface area contributed by atoms with Crippen LogP contribution >= 0.6 is 11.8 Å². The number of ether oxygens (including phenoxy) is 1. The second kappa shape index (κ2) is 4.43. The van der Waals surface area contributed by atoms with Crippen LogP contribution in [0.2, 0.25) is 0 Å². The highest BCUT2D eigenvalue weighted by molar-refractivity contribution is 8.00. The van der Waals surface area contributed by atoms with Crippen LogP contribution in [0.5, 0.6) is 0 Å². The lowest BCUT2D eigenvalue weighted by molar-refractivity contribution is -0.172. The minimum Gasteiger partial charge on any atom is -0.479 e. The normalized spacial score (nSPS) is 34.6. The van der Waals surface area contributed by atoms with Gasteiger partial charge in [0.25, 0.3) is 0 Å². The van der Waals surface area contributed by atoms with E-state index in [1.54, 1.807) is 0 Å². The number of methoxy groups -OCH3 is 1. The molecule has 7 nitrogen and oxygen atoms in total. The lowest BCUT2D eigenvalue weighted by Crippen LogP contribution is -2.71. The summed E-state index contributed by atoms with van der Waals surface area (Å²) in [7, 11) is 1.27. The van der Waals surface area contributed by atoms with Gasteiger partial charge in [0.1, 0.15) is 5.37 Å². The maximum absolute atomic E-state index is 11.5. The number of nitrogens with one attached hydrogen (secondary N) is 1. The Morgan fingerprint density at radius 1 is 1.61 bits per heavy atom. The van der Waals surface area contributed by atoms with Crippen molar-refractivity contribution in [2.75, 3.05) is 13.7 Å². The molecule has 0 saturated carbocycles. The quantitative estimate of drug-likeness (QED) is 0.656. The Hall–Kier alpha value is -1.28. The summed E-state index contributed by atoms with van der Waals surface area (Å²) in [5.74, 6) is -1.60. The third-order valence-electron chi connectivity index (χ3n) is 3.20. The van der Waals surface area contributed by atoms with Gasteiger partial charge >= 0.3 is 5.97 Å². The molecule has 2 N–H and O–H groups in total. The molecule has 0 aromatic rings. The molecule has 0 aromatic heterocycles. The summed E-state index contributed by atoms with van der Waals surface area (Å²) in [5.41, 5.74) is -1.59. The Morgan fingerprint density at radius 3 is 2.72 bits per heavy atom. The summed E-state index contributed by atoms with van der Waals surface area (Å²) in [6.45, 7) is 1.28. The molecule has 2 saturated heterocycles. The molecule has 100 valence electrons. The van der Waals surface area contributed by atoms with E-state index in [4.69, 9.17) is 4.74 Å². The van der Waals surface area contributed by atoms with Gasteiger partial charge in [0.2, 0.25) is 17.4 Å². The van der Waals surface area contributed by atoms with Crippen molar-refractivity contribution in [1.82, 2.24) is 10.2 Å². The van der Waals surface area contributed by atoms with E-state index >= 15 is 0 Å². The SMILES string of the molecule is COC1(C(=O)O)CN2C(=O)C[C@H]2SC1NC(C)=O. The van der Waals surface area contributed by atoms with Crippen molar-refractivity contribution in [3.63, 3.8) is 0 Å². The van der Waals surface area contributed by atoms with E-state index in [0.717, 1.165) is 0 Å². The summed E-state index contributed by atoms with van der Waals surface area (Å²) >= 11 is 1.24. The second-order valence-corrected chi connectivity index (χ2v) is 5.58. The van der Waals surface area contributed by atoms with E-state index in [1.807, 2.05) is 0 Å². The smallest absolute Gasteiger partial charge is 0.340 e. The molecule has 2 aliphatic heterocycles. The van der Waals surface area contributed by atoms with Gasteiger partial charge in [-0.15, -0.1) is 11.8 Å². The molecule has 0 spiro atoms. The van der Waals surface area contributed by atoms with Gasteiger partial charge in [-0.2, -0.15) is 0 Å². The predicted molar refractivity (Wildman–Crippen MR) is 62.7 cm³/mol. The van der Waals surface area contributed by atoms with Crippen molar-refractivity contribution in [3.8, 4) is 0 Å². The summed E-state index contributed by atoms with van der Waals surface area (Å²) in [6.07, 6.45) is 0.375. The van der Waals surface area contributed by atoms with Crippen molar-refractivity contribution in [2.24, 2.45) is 0 Å². The molecule has 0 bridgehead atoms. The maximum atomic E-state index is 11.5. The molecule has 0 radical (unpaired) electrons. The van der Waals surface area contributed by atoms with Crippen molar-refractivity contribution in [1.29, 1.82) is 0 Å². The average Bonchev–Trinajstić information content (AvgIpc) is 2.27. The molecule has 3 atom stereocenters. The standard InChI is InChI=1S/C10H14N2O5S/c1-5(13)11-8-10(17-2,9(15)16)4-12-6(14)3-7(12)18-8/h7-8H,3-4H2,1-2H3,(H,11,13)(H,15,16)/t7-,8?,10?/m1/s1. The van der Waals surface area contributed by atoms with Gasteiger partial charge in [-0.1, -0.05) is 0 Å². The van der Waals surface area contributed by atoms with Crippen LogP contribution in [0.25, 0.3) is 0 Å². The maximum Gasteiger partial charge on any atom is 0.340 e. The topological polar surface area (TPSA) is 95.9 Å². The largest absolute Gasteiger partial charge is 0.479 e. The molecular weight excluding hydrogens is 260 g/mol. The van der Waals surface area contributed by atoms with Gasteiger partial charge in [0, 0.05) is 14.0 Å². The zero-order valence-electron chi connectivity index (χ0n) is 10.0. The summed E-state index contributed by atoms with van der Waals surface area (Å²) in [5, 5.41) is 11.2. The molecule has 0 aromatic carbocycles. The molecular formula is C10H14N2O5S. The minimum absolute atomic E-state index is 0.0414. The number of hydrogen-bond acceptors (Lipinski definition) is 5. The van der Waals surface area contributed by atoms with E-state index in [9.17, 15) is 19.5 Å². The fourth-order valence-electron chi connectivity index (χ4n) is 2.11. The Labute approximate surface area is 108 Å². The third kappa shape index (κ3) is 1.85. The number of carboxylic acid groups (broad SMARTS) is 1. The van der Waals surface area contributed by atoms with Crippen LogP contribution in [-0.2, 0) is 19.1 Å². The van der Waals surface area contributed by atoms with Crippen molar-refractivity contribution < 1.29 is 24.2 Å². The van der Waals surface area contributed by atoms with E-state index < -0.39 is 16.9 Å². The van der Waals surface area contributed by atoms with E-state index in [1.165, 1.54) is 30.7 Å². The van der Waals surface area contributed by atoms with Crippen LogP contribution in [0.3, 0.4) is 0 Å². The van der Waals surface area contributed by atoms with E-state index in [0.29, 0.717) is 6.42 Å². The lowest BCUT2D eigenvalue weighted by atomic mass is 9.99. The molecule has 2 fully saturated rings. The minimum atomic E-state index is -1.59. The van der Waals surface area contributed by atoms with Crippen LogP contribution in [0.4, 0.5) is 0 Å². The first-order valence-electron chi connectivity index (χ1n) is 5.41. The Kier molecular flexibility index (Phi) is 3.24. The molecule has 2 unspecified atom stereocenters. The lowest BCUT2D eigenvalue weighted by Gasteiger charge is -2.52.